The average molecular weight is 361 g/mol. The highest BCUT2D eigenvalue weighted by Gasteiger charge is 2.38. The molecule has 0 aromatic carbocycles. The highest BCUT2D eigenvalue weighted by Crippen LogP contribution is 2.31. The van der Waals surface area contributed by atoms with Gasteiger partial charge in [0.05, 0.1) is 11.1 Å². The smallest absolute Gasteiger partial charge is 0.282 e. The maximum atomic E-state index is 12.5. The van der Waals surface area contributed by atoms with Crippen molar-refractivity contribution in [1.29, 1.82) is 0 Å². The van der Waals surface area contributed by atoms with Crippen molar-refractivity contribution in [1.82, 2.24) is 24.9 Å². The molecule has 1 saturated heterocycles. The van der Waals surface area contributed by atoms with Crippen LogP contribution in [0.2, 0.25) is 0 Å². The summed E-state index contributed by atoms with van der Waals surface area (Å²) in [6, 6.07) is 0. The number of carbonyl (C=O) groups is 2. The van der Waals surface area contributed by atoms with E-state index in [1.165, 1.54) is 20.0 Å². The minimum absolute atomic E-state index is 0.0455. The van der Waals surface area contributed by atoms with E-state index in [1.807, 2.05) is 0 Å². The number of nitrogens with one attached hydrogen (secondary N) is 2. The molecule has 0 radical (unpaired) electrons. The molecule has 1 aromatic heterocycles. The molecule has 2 rings (SSSR count). The van der Waals surface area contributed by atoms with E-state index in [1.54, 1.807) is 0 Å². The summed E-state index contributed by atoms with van der Waals surface area (Å²) in [4.78, 5) is 40.6. The third-order valence-corrected chi connectivity index (χ3v) is 4.60. The molecule has 1 aliphatic rings. The van der Waals surface area contributed by atoms with Gasteiger partial charge in [-0.25, -0.2) is 0 Å². The third kappa shape index (κ3) is 3.32. The molecular formula is C18H27N5O3. The number of amides is 1. The molecule has 0 saturated carbocycles. The first-order valence-electron chi connectivity index (χ1n) is 8.75. The van der Waals surface area contributed by atoms with E-state index >= 15 is 0 Å². The number of rotatable bonds is 4. The lowest BCUT2D eigenvalue weighted by atomic mass is 10.1. The Morgan fingerprint density at radius 1 is 1.31 bits per heavy atom. The van der Waals surface area contributed by atoms with E-state index in [2.05, 4.69) is 53.6 Å². The van der Waals surface area contributed by atoms with Crippen molar-refractivity contribution in [3.63, 3.8) is 0 Å². The van der Waals surface area contributed by atoms with Crippen LogP contribution in [0.3, 0.4) is 0 Å². The fourth-order valence-electron chi connectivity index (χ4n) is 3.33. The molecule has 142 valence electrons. The van der Waals surface area contributed by atoms with Gasteiger partial charge in [0.2, 0.25) is 5.91 Å². The maximum absolute atomic E-state index is 12.5. The van der Waals surface area contributed by atoms with Crippen LogP contribution in [0, 0.1) is 0 Å². The Hall–Kier alpha value is -2.73. The molecule has 1 aliphatic heterocycles. The number of aromatic amines is 1. The first-order valence-corrected chi connectivity index (χ1v) is 8.75. The summed E-state index contributed by atoms with van der Waals surface area (Å²) in [6.07, 6.45) is 1.49. The maximum Gasteiger partial charge on any atom is 0.282 e. The van der Waals surface area contributed by atoms with Crippen LogP contribution in [-0.2, 0) is 0 Å². The highest BCUT2D eigenvalue weighted by molar-refractivity contribution is 5.96. The minimum Gasteiger partial charge on any atom is -0.354 e. The van der Waals surface area contributed by atoms with Crippen molar-refractivity contribution in [2.24, 2.45) is 0 Å². The molecule has 0 atom stereocenters. The molecule has 0 spiro atoms. The zero-order chi connectivity index (χ0) is 19.6. The summed E-state index contributed by atoms with van der Waals surface area (Å²) in [6.45, 7) is 12.2. The van der Waals surface area contributed by atoms with Crippen LogP contribution < -0.4 is 10.9 Å². The summed E-state index contributed by atoms with van der Waals surface area (Å²) in [5.41, 5.74) is 2.73. The van der Waals surface area contributed by atoms with E-state index in [4.69, 9.17) is 0 Å². The van der Waals surface area contributed by atoms with E-state index in [-0.39, 0.29) is 16.8 Å². The molecule has 2 N–H and O–H groups in total. The quantitative estimate of drug-likeness (QED) is 0.784. The van der Waals surface area contributed by atoms with Crippen molar-refractivity contribution in [2.75, 3.05) is 26.7 Å². The van der Waals surface area contributed by atoms with Crippen molar-refractivity contribution < 1.29 is 9.59 Å². The van der Waals surface area contributed by atoms with E-state index in [0.717, 1.165) is 30.1 Å². The number of likely N-dealkylation sites (N-methyl/N-ethyl adjacent to an activating group) is 2. The van der Waals surface area contributed by atoms with Gasteiger partial charge in [-0.05, 0) is 33.8 Å². The molecule has 2 heterocycles. The number of H-pyrrole nitrogens is 1. The Kier molecular flexibility index (Phi) is 5.47. The van der Waals surface area contributed by atoms with Gasteiger partial charge < -0.3 is 15.1 Å². The SMILES string of the molecule is CCN1CC(C)(C)N(CC)C1=C=Cc1c(C(=O)NC)[nH]n(C(C)=O)c1=O. The van der Waals surface area contributed by atoms with Crippen LogP contribution in [0.15, 0.2) is 16.3 Å². The lowest BCUT2D eigenvalue weighted by Gasteiger charge is -2.30. The van der Waals surface area contributed by atoms with Crippen LogP contribution in [0.4, 0.5) is 0 Å². The Labute approximate surface area is 153 Å². The Balaban J connectivity index is 2.65. The van der Waals surface area contributed by atoms with Crippen LogP contribution in [0.1, 0.15) is 55.5 Å². The largest absolute Gasteiger partial charge is 0.354 e. The number of carbonyl (C=O) groups excluding carboxylic acids is 2. The number of aromatic nitrogens is 2. The lowest BCUT2D eigenvalue weighted by molar-refractivity contribution is 0.0915. The van der Waals surface area contributed by atoms with Crippen LogP contribution >= 0.6 is 0 Å². The summed E-state index contributed by atoms with van der Waals surface area (Å²) < 4.78 is 0.830. The van der Waals surface area contributed by atoms with Crippen molar-refractivity contribution >= 4 is 17.9 Å². The predicted octanol–water partition coefficient (Wildman–Crippen LogP) is 1.09. The zero-order valence-corrected chi connectivity index (χ0v) is 16.3. The van der Waals surface area contributed by atoms with Gasteiger partial charge in [0.15, 0.2) is 0 Å². The molecular weight excluding hydrogens is 334 g/mol. The van der Waals surface area contributed by atoms with E-state index < -0.39 is 17.4 Å². The molecule has 0 aliphatic carbocycles. The van der Waals surface area contributed by atoms with E-state index in [9.17, 15) is 14.4 Å². The second-order valence-corrected chi connectivity index (χ2v) is 6.82. The summed E-state index contributed by atoms with van der Waals surface area (Å²) >= 11 is 0. The molecule has 8 nitrogen and oxygen atoms in total. The molecule has 1 aromatic rings. The zero-order valence-electron chi connectivity index (χ0n) is 16.3. The molecule has 1 fully saturated rings. The monoisotopic (exact) mass is 361 g/mol. The third-order valence-electron chi connectivity index (χ3n) is 4.60. The van der Waals surface area contributed by atoms with Crippen molar-refractivity contribution in [3.05, 3.63) is 33.2 Å². The second kappa shape index (κ2) is 7.25. The fraction of sp³-hybridized carbons (Fsp3) is 0.556. The molecule has 1 amide bonds. The van der Waals surface area contributed by atoms with Crippen molar-refractivity contribution in [3.8, 4) is 0 Å². The number of hydrogen-bond acceptors (Lipinski definition) is 5. The highest BCUT2D eigenvalue weighted by atomic mass is 16.2. The van der Waals surface area contributed by atoms with Gasteiger partial charge in [-0.15, -0.1) is 0 Å². The topological polar surface area (TPSA) is 90.4 Å². The summed E-state index contributed by atoms with van der Waals surface area (Å²) in [5, 5.41) is 5.05. The lowest BCUT2D eigenvalue weighted by Crippen LogP contribution is -2.39. The molecule has 0 bridgehead atoms. The summed E-state index contributed by atoms with van der Waals surface area (Å²) in [5.74, 6) is -0.0794. The van der Waals surface area contributed by atoms with Crippen LogP contribution in [-0.4, -0.2) is 63.6 Å². The summed E-state index contributed by atoms with van der Waals surface area (Å²) in [7, 11) is 1.47. The standard InChI is InChI=1S/C18H27N5O3/c1-7-21-11-18(4,5)22(8-2)14(21)10-9-13-15(16(25)19-6)20-23(12(3)24)17(13)26/h9,20H,7-8,11H2,1-6H3,(H,19,25). The first kappa shape index (κ1) is 19.6. The fourth-order valence-corrected chi connectivity index (χ4v) is 3.33. The van der Waals surface area contributed by atoms with Crippen molar-refractivity contribution in [2.45, 2.75) is 40.2 Å². The van der Waals surface area contributed by atoms with Crippen LogP contribution in [0.5, 0.6) is 0 Å². The van der Waals surface area contributed by atoms with Gasteiger partial charge >= 0.3 is 0 Å². The van der Waals surface area contributed by atoms with Gasteiger partial charge in [0, 0.05) is 33.6 Å². The predicted molar refractivity (Wildman–Crippen MR) is 99.9 cm³/mol. The Morgan fingerprint density at radius 2 is 1.96 bits per heavy atom. The van der Waals surface area contributed by atoms with Gasteiger partial charge in [0.1, 0.15) is 11.5 Å². The normalized spacial score (nSPS) is 15.8. The van der Waals surface area contributed by atoms with Crippen LogP contribution in [0.25, 0.3) is 6.08 Å². The average Bonchev–Trinajstić information content (AvgIpc) is 3.05. The minimum atomic E-state index is -0.562. The molecule has 26 heavy (non-hydrogen) atoms. The second-order valence-electron chi connectivity index (χ2n) is 6.82. The molecule has 0 unspecified atom stereocenters. The first-order chi connectivity index (χ1) is 12.2. The van der Waals surface area contributed by atoms with Gasteiger partial charge in [-0.2, -0.15) is 4.68 Å². The Morgan fingerprint density at radius 3 is 2.46 bits per heavy atom. The van der Waals surface area contributed by atoms with E-state index in [0.29, 0.717) is 0 Å². The van der Waals surface area contributed by atoms with Gasteiger partial charge in [-0.3, -0.25) is 19.5 Å². The molecule has 8 heteroatoms. The number of hydrogen-bond donors (Lipinski definition) is 2. The van der Waals surface area contributed by atoms with Gasteiger partial charge in [-0.1, -0.05) is 5.73 Å². The Bertz CT molecular complexity index is 839. The number of nitrogens with zero attached hydrogens (tertiary/aromatic N) is 3. The van der Waals surface area contributed by atoms with Gasteiger partial charge in [0.25, 0.3) is 11.5 Å².